The molecule has 19 heavy (non-hydrogen) atoms. The maximum Gasteiger partial charge on any atom is 0.331 e. The predicted octanol–water partition coefficient (Wildman–Crippen LogP) is 2.69. The molecule has 104 valence electrons. The Hall–Kier alpha value is -1.94. The van der Waals surface area contributed by atoms with Crippen LogP contribution in [0.15, 0.2) is 42.8 Å². The molecule has 0 aliphatic heterocycles. The first-order valence-corrected chi connectivity index (χ1v) is 5.99. The maximum absolute atomic E-state index is 10.4. The van der Waals surface area contributed by atoms with Crippen molar-refractivity contribution in [2.75, 3.05) is 14.1 Å². The molecule has 0 aliphatic carbocycles. The topological polar surface area (TPSA) is 53.4 Å². The van der Waals surface area contributed by atoms with Crippen LogP contribution in [0.1, 0.15) is 19.4 Å². The van der Waals surface area contributed by atoms with Crippen LogP contribution in [0.3, 0.4) is 0 Å². The number of carbonyl (C=O) groups is 1. The summed E-state index contributed by atoms with van der Waals surface area (Å²) in [7, 11) is 3.83. The summed E-state index contributed by atoms with van der Waals surface area (Å²) < 4.78 is 0. The molecule has 1 aromatic heterocycles. The lowest BCUT2D eigenvalue weighted by Crippen LogP contribution is -2.23. The third-order valence-electron chi connectivity index (χ3n) is 2.58. The summed E-state index contributed by atoms with van der Waals surface area (Å²) in [5, 5.41) is 8.53. The van der Waals surface area contributed by atoms with Gasteiger partial charge in [0.05, 0.1) is 0 Å². The van der Waals surface area contributed by atoms with Crippen molar-refractivity contribution < 1.29 is 9.90 Å². The van der Waals surface area contributed by atoms with E-state index in [2.05, 4.69) is 11.6 Å². The number of hydrogen-bond donors (Lipinski definition) is 1. The second kappa shape index (κ2) is 9.05. The van der Waals surface area contributed by atoms with Crippen LogP contribution in [0.2, 0.25) is 0 Å². The first-order chi connectivity index (χ1) is 8.88. The largest absolute Gasteiger partial charge is 0.478 e. The fourth-order valence-electron chi connectivity index (χ4n) is 1.08. The monoisotopic (exact) mass is 262 g/mol. The minimum atomic E-state index is -0.848. The summed E-state index contributed by atoms with van der Waals surface area (Å²) in [4.78, 5) is 16.2. The molecule has 1 aromatic rings. The maximum atomic E-state index is 10.4. The van der Waals surface area contributed by atoms with Crippen LogP contribution in [0.4, 0.5) is 0 Å². The number of carboxylic acids is 1. The SMILES string of the molecule is C=Cc1ccncc1.CC(=CC(C)N(C)C)C(=O)O. The minimum absolute atomic E-state index is 0.172. The Morgan fingerprint density at radius 3 is 2.26 bits per heavy atom. The standard InChI is InChI=1S/C8H15NO2.C7H7N/c1-6(8(10)11)5-7(2)9(3)4;1-2-7-3-5-8-6-4-7/h5,7H,1-4H3,(H,10,11);2-6H,1H2. The van der Waals surface area contributed by atoms with E-state index in [9.17, 15) is 4.79 Å². The predicted molar refractivity (Wildman–Crippen MR) is 78.9 cm³/mol. The summed E-state index contributed by atoms with van der Waals surface area (Å²) in [6.07, 6.45) is 7.01. The van der Waals surface area contributed by atoms with E-state index in [-0.39, 0.29) is 6.04 Å². The second-order valence-corrected chi connectivity index (χ2v) is 4.34. The number of carboxylic acid groups (broad SMARTS) is 1. The molecule has 0 radical (unpaired) electrons. The van der Waals surface area contributed by atoms with Gasteiger partial charge in [0.25, 0.3) is 0 Å². The average Bonchev–Trinajstić information content (AvgIpc) is 2.40. The quantitative estimate of drug-likeness (QED) is 0.848. The van der Waals surface area contributed by atoms with Crippen LogP contribution in [0.25, 0.3) is 6.08 Å². The molecule has 1 heterocycles. The third-order valence-corrected chi connectivity index (χ3v) is 2.58. The number of pyridine rings is 1. The van der Waals surface area contributed by atoms with Crippen LogP contribution in [-0.2, 0) is 4.79 Å². The number of nitrogens with zero attached hydrogens (tertiary/aromatic N) is 2. The van der Waals surface area contributed by atoms with E-state index < -0.39 is 5.97 Å². The zero-order chi connectivity index (χ0) is 14.8. The van der Waals surface area contributed by atoms with Gasteiger partial charge < -0.3 is 10.0 Å². The van der Waals surface area contributed by atoms with Gasteiger partial charge in [-0.3, -0.25) is 4.98 Å². The summed E-state index contributed by atoms with van der Waals surface area (Å²) in [5.41, 5.74) is 1.51. The Morgan fingerprint density at radius 1 is 1.42 bits per heavy atom. The summed E-state index contributed by atoms with van der Waals surface area (Å²) >= 11 is 0. The molecule has 0 spiro atoms. The molecule has 1 unspecified atom stereocenters. The van der Waals surface area contributed by atoms with Gasteiger partial charge in [0.2, 0.25) is 0 Å². The van der Waals surface area contributed by atoms with Gasteiger partial charge in [-0.2, -0.15) is 0 Å². The van der Waals surface area contributed by atoms with E-state index >= 15 is 0 Å². The lowest BCUT2D eigenvalue weighted by atomic mass is 10.2. The lowest BCUT2D eigenvalue weighted by Gasteiger charge is -2.15. The van der Waals surface area contributed by atoms with Crippen molar-refractivity contribution >= 4 is 12.0 Å². The molecule has 0 saturated carbocycles. The highest BCUT2D eigenvalue weighted by atomic mass is 16.4. The van der Waals surface area contributed by atoms with Crippen LogP contribution in [-0.4, -0.2) is 41.1 Å². The van der Waals surface area contributed by atoms with Gasteiger partial charge in [-0.1, -0.05) is 18.7 Å². The summed E-state index contributed by atoms with van der Waals surface area (Å²) in [6.45, 7) is 7.15. The molecule has 0 fully saturated rings. The molecule has 4 nitrogen and oxygen atoms in total. The Labute approximate surface area is 115 Å². The highest BCUT2D eigenvalue weighted by Crippen LogP contribution is 1.99. The normalized spacial score (nSPS) is 12.4. The molecule has 1 rings (SSSR count). The zero-order valence-electron chi connectivity index (χ0n) is 12.0. The molecule has 0 saturated heterocycles. The van der Waals surface area contributed by atoms with Crippen LogP contribution in [0, 0.1) is 0 Å². The zero-order valence-corrected chi connectivity index (χ0v) is 12.0. The van der Waals surface area contributed by atoms with E-state index in [0.29, 0.717) is 5.57 Å². The van der Waals surface area contributed by atoms with Crippen LogP contribution >= 0.6 is 0 Å². The van der Waals surface area contributed by atoms with E-state index in [4.69, 9.17) is 5.11 Å². The summed E-state index contributed by atoms with van der Waals surface area (Å²) in [5.74, 6) is -0.848. The van der Waals surface area contributed by atoms with Crippen molar-refractivity contribution in [1.29, 1.82) is 0 Å². The van der Waals surface area contributed by atoms with Gasteiger partial charge in [0, 0.05) is 24.0 Å². The third kappa shape index (κ3) is 7.89. The van der Waals surface area contributed by atoms with Gasteiger partial charge in [-0.05, 0) is 45.6 Å². The lowest BCUT2D eigenvalue weighted by molar-refractivity contribution is -0.132. The van der Waals surface area contributed by atoms with Gasteiger partial charge in [-0.25, -0.2) is 4.79 Å². The highest BCUT2D eigenvalue weighted by molar-refractivity contribution is 5.85. The average molecular weight is 262 g/mol. The molecule has 0 amide bonds. The number of aromatic nitrogens is 1. The Morgan fingerprint density at radius 2 is 1.95 bits per heavy atom. The second-order valence-electron chi connectivity index (χ2n) is 4.34. The molecule has 1 atom stereocenters. The Bertz CT molecular complexity index is 425. The van der Waals surface area contributed by atoms with E-state index in [1.165, 1.54) is 0 Å². The van der Waals surface area contributed by atoms with Gasteiger partial charge >= 0.3 is 5.97 Å². The molecular weight excluding hydrogens is 240 g/mol. The van der Waals surface area contributed by atoms with E-state index in [0.717, 1.165) is 5.56 Å². The van der Waals surface area contributed by atoms with E-state index in [1.54, 1.807) is 31.5 Å². The van der Waals surface area contributed by atoms with Crippen LogP contribution in [0.5, 0.6) is 0 Å². The molecule has 4 heteroatoms. The molecule has 0 aliphatic rings. The summed E-state index contributed by atoms with van der Waals surface area (Å²) in [6, 6.07) is 3.99. The first-order valence-electron chi connectivity index (χ1n) is 5.99. The van der Waals surface area contributed by atoms with Gasteiger partial charge in [0.15, 0.2) is 0 Å². The van der Waals surface area contributed by atoms with Crippen molar-refractivity contribution in [3.05, 3.63) is 48.3 Å². The fourth-order valence-corrected chi connectivity index (χ4v) is 1.08. The molecule has 0 aromatic carbocycles. The van der Waals surface area contributed by atoms with Crippen molar-refractivity contribution in [3.63, 3.8) is 0 Å². The highest BCUT2D eigenvalue weighted by Gasteiger charge is 2.04. The molecule has 1 N–H and O–H groups in total. The number of aliphatic carboxylic acids is 1. The van der Waals surface area contributed by atoms with Gasteiger partial charge in [0.1, 0.15) is 0 Å². The van der Waals surface area contributed by atoms with E-state index in [1.807, 2.05) is 38.1 Å². The molecular formula is C15H22N2O2. The Kier molecular flexibility index (Phi) is 8.13. The van der Waals surface area contributed by atoms with Crippen molar-refractivity contribution in [2.45, 2.75) is 19.9 Å². The number of hydrogen-bond acceptors (Lipinski definition) is 3. The minimum Gasteiger partial charge on any atom is -0.478 e. The van der Waals surface area contributed by atoms with Gasteiger partial charge in [-0.15, -0.1) is 0 Å². The number of rotatable bonds is 4. The fraction of sp³-hybridized carbons (Fsp3) is 0.333. The van der Waals surface area contributed by atoms with Crippen molar-refractivity contribution in [3.8, 4) is 0 Å². The molecule has 0 bridgehead atoms. The van der Waals surface area contributed by atoms with Crippen molar-refractivity contribution in [2.24, 2.45) is 0 Å². The Balaban J connectivity index is 0.000000356. The first kappa shape index (κ1) is 17.1. The number of likely N-dealkylation sites (N-methyl/N-ethyl adjacent to an activating group) is 1. The van der Waals surface area contributed by atoms with Crippen LogP contribution < -0.4 is 0 Å². The van der Waals surface area contributed by atoms with Crippen molar-refractivity contribution in [1.82, 2.24) is 9.88 Å². The smallest absolute Gasteiger partial charge is 0.331 e.